The molecule has 1 amide bonds. The van der Waals surface area contributed by atoms with Crippen molar-refractivity contribution in [3.05, 3.63) is 76.2 Å². The fourth-order valence-electron chi connectivity index (χ4n) is 4.60. The Hall–Kier alpha value is -3.69. The van der Waals surface area contributed by atoms with E-state index in [1.165, 1.54) is 28.7 Å². The number of rotatable bonds is 7. The number of nitrogens with zero attached hydrogens (tertiary/aromatic N) is 3. The van der Waals surface area contributed by atoms with E-state index in [1.54, 1.807) is 6.92 Å². The molecule has 0 aliphatic carbocycles. The van der Waals surface area contributed by atoms with Crippen LogP contribution in [0, 0.1) is 20.8 Å². The van der Waals surface area contributed by atoms with Gasteiger partial charge in [0.15, 0.2) is 10.8 Å². The second-order valence-corrected chi connectivity index (χ2v) is 11.4. The number of carbonyl (C=O) groups is 2. The van der Waals surface area contributed by atoms with E-state index in [9.17, 15) is 9.59 Å². The maximum atomic E-state index is 13.3. The highest BCUT2D eigenvalue weighted by molar-refractivity contribution is 8.00. The van der Waals surface area contributed by atoms with E-state index in [1.807, 2.05) is 53.1 Å². The molecule has 5 rings (SSSR count). The summed E-state index contributed by atoms with van der Waals surface area (Å²) in [6.45, 7) is 10.1. The van der Waals surface area contributed by atoms with Crippen molar-refractivity contribution < 1.29 is 14.3 Å². The molecular formula is C29H28N4O3S2. The molecule has 3 heterocycles. The number of benzene rings is 2. The smallest absolute Gasteiger partial charge is 0.341 e. The summed E-state index contributed by atoms with van der Waals surface area (Å²) in [4.78, 5) is 26.2. The number of pyridine rings is 1. The largest absolute Gasteiger partial charge is 0.462 e. The van der Waals surface area contributed by atoms with Gasteiger partial charge in [-0.05, 0) is 63.4 Å². The van der Waals surface area contributed by atoms with Gasteiger partial charge in [0.2, 0.25) is 5.91 Å². The van der Waals surface area contributed by atoms with Crippen molar-refractivity contribution in [2.24, 2.45) is 0 Å². The molecule has 0 aliphatic rings. The van der Waals surface area contributed by atoms with E-state index in [4.69, 9.17) is 4.74 Å². The van der Waals surface area contributed by atoms with Gasteiger partial charge >= 0.3 is 5.97 Å². The third-order valence-corrected chi connectivity index (χ3v) is 8.28. The molecule has 1 N–H and O–H groups in total. The van der Waals surface area contributed by atoms with Crippen LogP contribution in [0.4, 0.5) is 5.00 Å². The number of nitrogens with one attached hydrogen (secondary N) is 1. The SMILES string of the molecule is CCOC(=O)c1c(-c2ccccc2)csc1NC(=O)C(C)Sc1nnc2cc(C)c3cc(C)cc(C)c3n12. The lowest BCUT2D eigenvalue weighted by Gasteiger charge is -2.14. The van der Waals surface area contributed by atoms with Gasteiger partial charge in [-0.25, -0.2) is 4.79 Å². The van der Waals surface area contributed by atoms with Gasteiger partial charge in [-0.3, -0.25) is 9.20 Å². The lowest BCUT2D eigenvalue weighted by atomic mass is 10.0. The molecule has 0 spiro atoms. The van der Waals surface area contributed by atoms with Crippen LogP contribution in [0.25, 0.3) is 27.7 Å². The lowest BCUT2D eigenvalue weighted by Crippen LogP contribution is -2.23. The predicted octanol–water partition coefficient (Wildman–Crippen LogP) is 6.83. The zero-order valence-electron chi connectivity index (χ0n) is 21.9. The summed E-state index contributed by atoms with van der Waals surface area (Å²) in [6.07, 6.45) is 0. The molecule has 1 unspecified atom stereocenters. The van der Waals surface area contributed by atoms with Crippen molar-refractivity contribution in [2.45, 2.75) is 45.0 Å². The molecule has 0 aliphatic heterocycles. The number of thiophene rings is 1. The number of thioether (sulfide) groups is 1. The topological polar surface area (TPSA) is 85.6 Å². The molecule has 2 aromatic carbocycles. The number of anilines is 1. The van der Waals surface area contributed by atoms with Gasteiger partial charge in [0, 0.05) is 16.3 Å². The van der Waals surface area contributed by atoms with E-state index >= 15 is 0 Å². The number of aryl methyl sites for hydroxylation is 3. The Kier molecular flexibility index (Phi) is 7.23. The maximum absolute atomic E-state index is 13.3. The van der Waals surface area contributed by atoms with Crippen molar-refractivity contribution >= 4 is 56.5 Å². The highest BCUT2D eigenvalue weighted by atomic mass is 32.2. The number of hydrogen-bond donors (Lipinski definition) is 1. The molecule has 0 saturated heterocycles. The van der Waals surface area contributed by atoms with Gasteiger partial charge < -0.3 is 10.1 Å². The van der Waals surface area contributed by atoms with Crippen molar-refractivity contribution in [1.29, 1.82) is 0 Å². The van der Waals surface area contributed by atoms with Crippen molar-refractivity contribution in [2.75, 3.05) is 11.9 Å². The molecule has 1 atom stereocenters. The summed E-state index contributed by atoms with van der Waals surface area (Å²) in [5.41, 5.74) is 7.22. The molecule has 0 radical (unpaired) electrons. The first-order chi connectivity index (χ1) is 18.3. The molecule has 0 bridgehead atoms. The number of fused-ring (bicyclic) bond motifs is 3. The minimum absolute atomic E-state index is 0.234. The summed E-state index contributed by atoms with van der Waals surface area (Å²) < 4.78 is 7.35. The number of aromatic nitrogens is 3. The Balaban J connectivity index is 1.46. The van der Waals surface area contributed by atoms with Crippen LogP contribution < -0.4 is 5.32 Å². The van der Waals surface area contributed by atoms with Gasteiger partial charge in [0.25, 0.3) is 0 Å². The second kappa shape index (κ2) is 10.6. The Labute approximate surface area is 229 Å². The van der Waals surface area contributed by atoms with Crippen LogP contribution in [0.5, 0.6) is 0 Å². The van der Waals surface area contributed by atoms with E-state index in [-0.39, 0.29) is 12.5 Å². The molecule has 0 fully saturated rings. The summed E-state index contributed by atoms with van der Waals surface area (Å²) in [5, 5.41) is 15.4. The molecular weight excluding hydrogens is 516 g/mol. The minimum Gasteiger partial charge on any atom is -0.462 e. The third kappa shape index (κ3) is 4.79. The van der Waals surface area contributed by atoms with Crippen LogP contribution in [0.15, 0.2) is 59.1 Å². The van der Waals surface area contributed by atoms with E-state index in [2.05, 4.69) is 48.4 Å². The number of hydrogen-bond acceptors (Lipinski definition) is 7. The van der Waals surface area contributed by atoms with Crippen LogP contribution in [-0.4, -0.2) is 38.3 Å². The first-order valence-electron chi connectivity index (χ1n) is 12.4. The first-order valence-corrected chi connectivity index (χ1v) is 14.1. The first kappa shape index (κ1) is 25.9. The fourth-order valence-corrected chi connectivity index (χ4v) is 6.42. The predicted molar refractivity (Wildman–Crippen MR) is 154 cm³/mol. The summed E-state index contributed by atoms with van der Waals surface area (Å²) in [6, 6.07) is 15.9. The monoisotopic (exact) mass is 544 g/mol. The number of carbonyl (C=O) groups excluding carboxylic acids is 2. The van der Waals surface area contributed by atoms with Crippen molar-refractivity contribution in [3.63, 3.8) is 0 Å². The lowest BCUT2D eigenvalue weighted by molar-refractivity contribution is -0.115. The second-order valence-electron chi connectivity index (χ2n) is 9.17. The van der Waals surface area contributed by atoms with Crippen molar-refractivity contribution in [3.8, 4) is 11.1 Å². The number of amides is 1. The Morgan fingerprint density at radius 3 is 2.58 bits per heavy atom. The van der Waals surface area contributed by atoms with Gasteiger partial charge in [-0.1, -0.05) is 53.7 Å². The van der Waals surface area contributed by atoms with Crippen LogP contribution in [-0.2, 0) is 9.53 Å². The van der Waals surface area contributed by atoms with E-state index < -0.39 is 11.2 Å². The quantitative estimate of drug-likeness (QED) is 0.179. The van der Waals surface area contributed by atoms with E-state index in [0.29, 0.717) is 15.7 Å². The molecule has 9 heteroatoms. The average molecular weight is 545 g/mol. The normalized spacial score (nSPS) is 12.1. The van der Waals surface area contributed by atoms with Crippen LogP contribution in [0.1, 0.15) is 40.9 Å². The van der Waals surface area contributed by atoms with Crippen molar-refractivity contribution in [1.82, 2.24) is 14.6 Å². The summed E-state index contributed by atoms with van der Waals surface area (Å²) in [5.74, 6) is -0.693. The maximum Gasteiger partial charge on any atom is 0.341 e. The number of esters is 1. The molecule has 5 aromatic rings. The standard InChI is InChI=1S/C29H28N4O3S2/c1-6-36-28(35)24-22(20-10-8-7-9-11-20)15-37-27(24)30-26(34)19(5)38-29-32-31-23-14-17(3)21-13-16(2)12-18(4)25(21)33(23)29/h7-15,19H,6H2,1-5H3,(H,30,34). The van der Waals surface area contributed by atoms with Gasteiger partial charge in [-0.15, -0.1) is 21.5 Å². The van der Waals surface area contributed by atoms with Gasteiger partial charge in [0.1, 0.15) is 10.6 Å². The Bertz CT molecular complexity index is 1670. The summed E-state index contributed by atoms with van der Waals surface area (Å²) in [7, 11) is 0. The summed E-state index contributed by atoms with van der Waals surface area (Å²) >= 11 is 2.65. The minimum atomic E-state index is -0.498. The highest BCUT2D eigenvalue weighted by Gasteiger charge is 2.26. The average Bonchev–Trinajstić information content (AvgIpc) is 3.48. The van der Waals surface area contributed by atoms with Gasteiger partial charge in [-0.2, -0.15) is 0 Å². The Morgan fingerprint density at radius 1 is 1.08 bits per heavy atom. The Morgan fingerprint density at radius 2 is 1.84 bits per heavy atom. The molecule has 7 nitrogen and oxygen atoms in total. The highest BCUT2D eigenvalue weighted by Crippen LogP contribution is 2.37. The number of ether oxygens (including phenoxy) is 1. The zero-order chi connectivity index (χ0) is 27.0. The third-order valence-electron chi connectivity index (χ3n) is 6.34. The molecule has 0 saturated carbocycles. The fraction of sp³-hybridized carbons (Fsp3) is 0.241. The molecule has 194 valence electrons. The molecule has 38 heavy (non-hydrogen) atoms. The van der Waals surface area contributed by atoms with Crippen LogP contribution in [0.2, 0.25) is 0 Å². The zero-order valence-corrected chi connectivity index (χ0v) is 23.5. The van der Waals surface area contributed by atoms with E-state index in [0.717, 1.165) is 38.8 Å². The molecule has 3 aromatic heterocycles. The van der Waals surface area contributed by atoms with Gasteiger partial charge in [0.05, 0.1) is 17.4 Å². The van der Waals surface area contributed by atoms with Crippen LogP contribution in [0.3, 0.4) is 0 Å². The van der Waals surface area contributed by atoms with Crippen LogP contribution >= 0.6 is 23.1 Å².